The number of methoxy groups -OCH3 is 1. The van der Waals surface area contributed by atoms with E-state index in [0.717, 1.165) is 41.2 Å². The number of esters is 1. The number of H-pyrrole nitrogens is 1. The molecule has 0 aliphatic carbocycles. The van der Waals surface area contributed by atoms with Gasteiger partial charge in [-0.2, -0.15) is 0 Å². The summed E-state index contributed by atoms with van der Waals surface area (Å²) in [4.78, 5) is 19.7. The van der Waals surface area contributed by atoms with Crippen molar-refractivity contribution in [1.82, 2.24) is 9.97 Å². The van der Waals surface area contributed by atoms with Crippen LogP contribution in [0.2, 0.25) is 0 Å². The number of carbonyl (C=O) groups is 1. The molecule has 0 fully saturated rings. The van der Waals surface area contributed by atoms with E-state index in [1.165, 1.54) is 12.7 Å². The van der Waals surface area contributed by atoms with Crippen LogP contribution in [0.1, 0.15) is 36.2 Å². The highest BCUT2D eigenvalue weighted by Crippen LogP contribution is 2.40. The number of fused-ring (bicyclic) bond motifs is 2. The average molecular weight is 336 g/mol. The summed E-state index contributed by atoms with van der Waals surface area (Å²) in [5.41, 5.74) is 4.42. The fourth-order valence-corrected chi connectivity index (χ4v) is 3.27. The fourth-order valence-electron chi connectivity index (χ4n) is 3.27. The number of aromatic nitrogens is 2. The molecular weight excluding hydrogens is 316 g/mol. The summed E-state index contributed by atoms with van der Waals surface area (Å²) in [6.45, 7) is 5.22. The highest BCUT2D eigenvalue weighted by Gasteiger charge is 2.29. The molecule has 0 unspecified atom stereocenters. The van der Waals surface area contributed by atoms with Crippen molar-refractivity contribution in [2.45, 2.75) is 25.7 Å². The third-order valence-electron chi connectivity index (χ3n) is 4.87. The van der Waals surface area contributed by atoms with Crippen LogP contribution in [0.5, 0.6) is 5.75 Å². The molecule has 1 aromatic heterocycles. The van der Waals surface area contributed by atoms with Crippen molar-refractivity contribution in [2.75, 3.05) is 13.7 Å². The first-order chi connectivity index (χ1) is 12.0. The SMILES string of the molecule is COC(=O)c1ccc2nc(-c3ccc4c(c3)C(C)(C)CCO4)[nH]c2c1. The predicted molar refractivity (Wildman–Crippen MR) is 96.0 cm³/mol. The van der Waals surface area contributed by atoms with Crippen molar-refractivity contribution in [3.8, 4) is 17.1 Å². The van der Waals surface area contributed by atoms with E-state index in [1.807, 2.05) is 18.2 Å². The van der Waals surface area contributed by atoms with Gasteiger partial charge in [0.05, 0.1) is 30.3 Å². The Hall–Kier alpha value is -2.82. The van der Waals surface area contributed by atoms with E-state index in [2.05, 4.69) is 29.9 Å². The molecule has 2 heterocycles. The molecule has 1 aliphatic heterocycles. The summed E-state index contributed by atoms with van der Waals surface area (Å²) < 4.78 is 10.6. The first kappa shape index (κ1) is 15.7. The molecule has 4 rings (SSSR count). The van der Waals surface area contributed by atoms with Crippen molar-refractivity contribution in [1.29, 1.82) is 0 Å². The summed E-state index contributed by atoms with van der Waals surface area (Å²) >= 11 is 0. The maximum absolute atomic E-state index is 11.7. The molecule has 0 saturated carbocycles. The molecule has 25 heavy (non-hydrogen) atoms. The molecule has 0 bridgehead atoms. The summed E-state index contributed by atoms with van der Waals surface area (Å²) in [6.07, 6.45) is 0.992. The van der Waals surface area contributed by atoms with Gasteiger partial charge in [-0.05, 0) is 48.2 Å². The second kappa shape index (κ2) is 5.62. The Morgan fingerprint density at radius 3 is 2.88 bits per heavy atom. The van der Waals surface area contributed by atoms with Crippen LogP contribution in [0, 0.1) is 0 Å². The van der Waals surface area contributed by atoms with Gasteiger partial charge < -0.3 is 14.5 Å². The molecule has 0 atom stereocenters. The van der Waals surface area contributed by atoms with Crippen LogP contribution in [0.3, 0.4) is 0 Å². The van der Waals surface area contributed by atoms with Crippen molar-refractivity contribution in [3.63, 3.8) is 0 Å². The third kappa shape index (κ3) is 2.65. The molecule has 0 radical (unpaired) electrons. The lowest BCUT2D eigenvalue weighted by atomic mass is 9.79. The van der Waals surface area contributed by atoms with Gasteiger partial charge in [-0.15, -0.1) is 0 Å². The molecule has 5 heteroatoms. The maximum Gasteiger partial charge on any atom is 0.337 e. The van der Waals surface area contributed by atoms with Crippen LogP contribution < -0.4 is 4.74 Å². The number of hydrogen-bond donors (Lipinski definition) is 1. The van der Waals surface area contributed by atoms with Gasteiger partial charge in [-0.3, -0.25) is 0 Å². The van der Waals surface area contributed by atoms with Crippen molar-refractivity contribution in [3.05, 3.63) is 47.5 Å². The molecule has 2 aromatic carbocycles. The monoisotopic (exact) mass is 336 g/mol. The van der Waals surface area contributed by atoms with Crippen LogP contribution >= 0.6 is 0 Å². The van der Waals surface area contributed by atoms with Crippen LogP contribution in [0.15, 0.2) is 36.4 Å². The maximum atomic E-state index is 11.7. The Bertz CT molecular complexity index is 972. The zero-order valence-electron chi connectivity index (χ0n) is 14.6. The van der Waals surface area contributed by atoms with E-state index < -0.39 is 0 Å². The van der Waals surface area contributed by atoms with Gasteiger partial charge in [-0.25, -0.2) is 9.78 Å². The quantitative estimate of drug-likeness (QED) is 0.716. The number of nitrogens with one attached hydrogen (secondary N) is 1. The first-order valence-electron chi connectivity index (χ1n) is 8.34. The Balaban J connectivity index is 1.78. The van der Waals surface area contributed by atoms with E-state index in [0.29, 0.717) is 5.56 Å². The van der Waals surface area contributed by atoms with Gasteiger partial charge in [0, 0.05) is 11.1 Å². The summed E-state index contributed by atoms with van der Waals surface area (Å²) in [5, 5.41) is 0. The molecule has 1 aliphatic rings. The minimum atomic E-state index is -0.356. The molecule has 1 N–H and O–H groups in total. The summed E-state index contributed by atoms with van der Waals surface area (Å²) in [5.74, 6) is 1.37. The van der Waals surface area contributed by atoms with E-state index in [9.17, 15) is 4.79 Å². The normalized spacial score (nSPS) is 15.5. The lowest BCUT2D eigenvalue weighted by Gasteiger charge is -2.32. The topological polar surface area (TPSA) is 64.2 Å². The minimum Gasteiger partial charge on any atom is -0.493 e. The standard InChI is InChI=1S/C20H20N2O3/c1-20(2)8-9-25-17-7-5-12(10-14(17)20)18-21-15-6-4-13(19(23)24-3)11-16(15)22-18/h4-7,10-11H,8-9H2,1-3H3,(H,21,22). The second-order valence-corrected chi connectivity index (χ2v) is 7.00. The number of rotatable bonds is 2. The third-order valence-corrected chi connectivity index (χ3v) is 4.87. The number of aromatic amines is 1. The zero-order chi connectivity index (χ0) is 17.6. The molecule has 128 valence electrons. The lowest BCUT2D eigenvalue weighted by molar-refractivity contribution is 0.0601. The number of nitrogens with zero attached hydrogens (tertiary/aromatic N) is 1. The number of hydrogen-bond acceptors (Lipinski definition) is 4. The predicted octanol–water partition coefficient (Wildman–Crippen LogP) is 4.08. The number of imidazole rings is 1. The second-order valence-electron chi connectivity index (χ2n) is 7.00. The van der Waals surface area contributed by atoms with Crippen LogP contribution in [0.25, 0.3) is 22.4 Å². The average Bonchev–Trinajstić information content (AvgIpc) is 3.04. The largest absolute Gasteiger partial charge is 0.493 e. The molecule has 5 nitrogen and oxygen atoms in total. The van der Waals surface area contributed by atoms with Crippen LogP contribution in [-0.2, 0) is 10.2 Å². The number of benzene rings is 2. The van der Waals surface area contributed by atoms with Gasteiger partial charge >= 0.3 is 5.97 Å². The van der Waals surface area contributed by atoms with Gasteiger partial charge in [0.15, 0.2) is 0 Å². The molecule has 0 amide bonds. The lowest BCUT2D eigenvalue weighted by Crippen LogP contribution is -2.26. The Labute approximate surface area is 146 Å². The van der Waals surface area contributed by atoms with Gasteiger partial charge in [0.2, 0.25) is 0 Å². The summed E-state index contributed by atoms with van der Waals surface area (Å²) in [6, 6.07) is 11.5. The zero-order valence-corrected chi connectivity index (χ0v) is 14.6. The van der Waals surface area contributed by atoms with Crippen molar-refractivity contribution in [2.24, 2.45) is 0 Å². The van der Waals surface area contributed by atoms with Crippen LogP contribution in [0.4, 0.5) is 0 Å². The van der Waals surface area contributed by atoms with Crippen molar-refractivity contribution < 1.29 is 14.3 Å². The Morgan fingerprint density at radius 2 is 2.08 bits per heavy atom. The van der Waals surface area contributed by atoms with E-state index in [1.54, 1.807) is 12.1 Å². The number of carbonyl (C=O) groups excluding carboxylic acids is 1. The van der Waals surface area contributed by atoms with Crippen molar-refractivity contribution >= 4 is 17.0 Å². The van der Waals surface area contributed by atoms with E-state index in [-0.39, 0.29) is 11.4 Å². The van der Waals surface area contributed by atoms with Gasteiger partial charge in [0.25, 0.3) is 0 Å². The van der Waals surface area contributed by atoms with E-state index >= 15 is 0 Å². The molecular formula is C20H20N2O3. The van der Waals surface area contributed by atoms with Crippen LogP contribution in [-0.4, -0.2) is 29.7 Å². The minimum absolute atomic E-state index is 0.0770. The molecule has 0 spiro atoms. The Morgan fingerprint density at radius 1 is 1.24 bits per heavy atom. The highest BCUT2D eigenvalue weighted by molar-refractivity contribution is 5.94. The molecule has 3 aromatic rings. The first-order valence-corrected chi connectivity index (χ1v) is 8.34. The van der Waals surface area contributed by atoms with Gasteiger partial charge in [0.1, 0.15) is 11.6 Å². The number of ether oxygens (including phenoxy) is 2. The highest BCUT2D eigenvalue weighted by atomic mass is 16.5. The molecule has 0 saturated heterocycles. The summed E-state index contributed by atoms with van der Waals surface area (Å²) in [7, 11) is 1.38. The fraction of sp³-hybridized carbons (Fsp3) is 0.300. The smallest absolute Gasteiger partial charge is 0.337 e. The van der Waals surface area contributed by atoms with Gasteiger partial charge in [-0.1, -0.05) is 13.8 Å². The Kier molecular flexibility index (Phi) is 3.53. The van der Waals surface area contributed by atoms with E-state index in [4.69, 9.17) is 9.47 Å².